The van der Waals surface area contributed by atoms with Gasteiger partial charge in [0.15, 0.2) is 18.9 Å². The number of rotatable bonds is 62. The lowest BCUT2D eigenvalue weighted by atomic mass is 9.97. The number of ether oxygens (including phenoxy) is 18. The van der Waals surface area contributed by atoms with Gasteiger partial charge in [0.25, 0.3) is 0 Å². The van der Waals surface area contributed by atoms with E-state index < -0.39 is 175 Å². The Labute approximate surface area is 696 Å². The van der Waals surface area contributed by atoms with E-state index >= 15 is 0 Å². The molecule has 3 fully saturated rings. The molecule has 0 unspecified atom stereocenters. The van der Waals surface area contributed by atoms with Crippen LogP contribution >= 0.6 is 0 Å². The van der Waals surface area contributed by atoms with E-state index in [1.807, 2.05) is 0 Å². The number of carbonyl (C=O) groups excluding carboxylic acids is 5. The van der Waals surface area contributed by atoms with Crippen LogP contribution in [0.25, 0.3) is 0 Å². The van der Waals surface area contributed by atoms with Crippen molar-refractivity contribution in [3.63, 3.8) is 0 Å². The van der Waals surface area contributed by atoms with Gasteiger partial charge in [-0.05, 0) is 0 Å². The van der Waals surface area contributed by atoms with Crippen molar-refractivity contribution in [2.45, 2.75) is 170 Å². The molecule has 0 spiro atoms. The lowest BCUT2D eigenvalue weighted by molar-refractivity contribution is -0.256. The van der Waals surface area contributed by atoms with Gasteiger partial charge in [-0.1, -0.05) is 15.6 Å². The number of halogens is 5. The molecule has 0 radical (unpaired) electrons. The number of carbonyl (C=O) groups is 5. The molecule has 13 N–H and O–H groups in total. The molecule has 0 aliphatic carbocycles. The molecule has 3 aliphatic rings. The average Bonchev–Trinajstić information content (AvgIpc) is 0.954. The molecular weight excluding hydrogens is 1650 g/mol. The summed E-state index contributed by atoms with van der Waals surface area (Å²) in [6.07, 6.45) is -11.5. The first-order chi connectivity index (χ1) is 58.6. The van der Waals surface area contributed by atoms with E-state index in [4.69, 9.17) is 80.5 Å². The van der Waals surface area contributed by atoms with Crippen LogP contribution in [0.2, 0.25) is 0 Å². The van der Waals surface area contributed by atoms with E-state index in [1.165, 1.54) is 20.8 Å². The van der Waals surface area contributed by atoms with Gasteiger partial charge in [0.1, 0.15) is 78.6 Å². The van der Waals surface area contributed by atoms with Crippen LogP contribution < -0.4 is 26.0 Å². The van der Waals surface area contributed by atoms with E-state index in [9.17, 15) is 91.9 Å². The van der Waals surface area contributed by atoms with E-state index in [0.29, 0.717) is 56.0 Å². The third kappa shape index (κ3) is 35.6. The maximum atomic E-state index is 14.1. The molecule has 122 heavy (non-hydrogen) atoms. The fourth-order valence-corrected chi connectivity index (χ4v) is 11.9. The van der Waals surface area contributed by atoms with Crippen molar-refractivity contribution in [2.24, 2.45) is 0 Å². The molecule has 692 valence electrons. The number of esters is 1. The van der Waals surface area contributed by atoms with Crippen LogP contribution in [0.15, 0.2) is 18.6 Å². The number of hydrogen-bond donors (Lipinski definition) is 13. The highest BCUT2D eigenvalue weighted by Crippen LogP contribution is 2.30. The van der Waals surface area contributed by atoms with Gasteiger partial charge in [-0.15, -0.1) is 15.3 Å². The average molecular weight is 1770 g/mol. The Morgan fingerprint density at radius 2 is 0.648 bits per heavy atom. The second-order valence-electron chi connectivity index (χ2n) is 28.0. The van der Waals surface area contributed by atoms with Gasteiger partial charge in [-0.25, -0.2) is 27.2 Å². The van der Waals surface area contributed by atoms with Crippen LogP contribution in [-0.2, 0) is 143 Å². The summed E-state index contributed by atoms with van der Waals surface area (Å²) in [4.78, 5) is 60.4. The minimum Gasteiger partial charge on any atom is -0.420 e. The topological polar surface area (TPSA) is 574 Å². The Morgan fingerprint density at radius 3 is 0.959 bits per heavy atom. The third-order valence-corrected chi connectivity index (χ3v) is 18.2. The summed E-state index contributed by atoms with van der Waals surface area (Å²) in [6, 6.07) is -3.66. The van der Waals surface area contributed by atoms with Gasteiger partial charge in [0.2, 0.25) is 58.5 Å². The monoisotopic (exact) mass is 1770 g/mol. The van der Waals surface area contributed by atoms with Gasteiger partial charge < -0.3 is 152 Å². The predicted octanol–water partition coefficient (Wildman–Crippen LogP) is -6.51. The molecule has 4 amide bonds. The first-order valence-electron chi connectivity index (χ1n) is 39.3. The van der Waals surface area contributed by atoms with Gasteiger partial charge in [-0.2, -0.15) is 8.78 Å². The summed E-state index contributed by atoms with van der Waals surface area (Å²) < 4.78 is 175. The number of nitrogens with zero attached hydrogens (tertiary/aromatic N) is 9. The Balaban J connectivity index is 0.849. The number of aromatic nitrogens is 9. The molecule has 3 aromatic heterocycles. The lowest BCUT2D eigenvalue weighted by Gasteiger charge is -2.40. The molecule has 0 bridgehead atoms. The number of aliphatic hydroxyl groups excluding tert-OH is 9. The highest BCUT2D eigenvalue weighted by Gasteiger charge is 2.47. The fraction of sp³-hybridized carbons (Fsp3) is 0.764. The molecule has 45 nitrogen and oxygen atoms in total. The van der Waals surface area contributed by atoms with Crippen molar-refractivity contribution in [1.82, 2.24) is 66.2 Å². The van der Waals surface area contributed by atoms with Crippen LogP contribution in [0, 0.1) is 29.1 Å². The molecule has 6 heterocycles. The molecular formula is C72H112F5N13O32. The molecule has 7 rings (SSSR count). The van der Waals surface area contributed by atoms with Gasteiger partial charge in [-0.3, -0.25) is 24.0 Å². The Bertz CT molecular complexity index is 3400. The number of nitrogens with one attached hydrogen (secondary N) is 4. The van der Waals surface area contributed by atoms with Crippen molar-refractivity contribution in [1.29, 1.82) is 0 Å². The Hall–Kier alpha value is -7.40. The van der Waals surface area contributed by atoms with Crippen LogP contribution in [0.3, 0.4) is 0 Å². The van der Waals surface area contributed by atoms with Crippen LogP contribution in [0.1, 0.15) is 50.7 Å². The summed E-state index contributed by atoms with van der Waals surface area (Å²) in [7, 11) is 0. The third-order valence-electron chi connectivity index (χ3n) is 18.2. The molecule has 0 saturated carbocycles. The molecule has 15 atom stereocenters. The van der Waals surface area contributed by atoms with Crippen LogP contribution in [0.4, 0.5) is 22.0 Å². The molecule has 4 aromatic rings. The van der Waals surface area contributed by atoms with Gasteiger partial charge >= 0.3 is 5.97 Å². The van der Waals surface area contributed by atoms with Crippen molar-refractivity contribution in [3.05, 3.63) is 64.8 Å². The highest BCUT2D eigenvalue weighted by molar-refractivity contribution is 5.77. The molecule has 3 saturated heterocycles. The molecule has 1 aromatic carbocycles. The minimum atomic E-state index is -2.43. The Morgan fingerprint density at radius 1 is 0.369 bits per heavy atom. The lowest BCUT2D eigenvalue weighted by Crippen LogP contribution is -2.64. The highest BCUT2D eigenvalue weighted by atomic mass is 19.2. The number of hydrogen-bond acceptors (Lipinski definition) is 38. The largest absolute Gasteiger partial charge is 0.420 e. The standard InChI is InChI=1S/C72H112F5N13O32/c1-43(91)78-59-65(99)62(96)49(119-69(59)102)37-113-12-4-46-34-88(85-82-46)9-17-107-22-25-110-28-31-116-40-72(81-52(94)7-15-105-20-21-106-16-8-53(95)122-68-57(76)55(74)54(73)56(75)58(68)77,41-117-32-29-111-26-23-108-18-10-89-35-47(83-86-89)5-13-114-38-50-63(97)66(100)60(70(103)120-50)79-44(2)92)42-118-33-30-112-27-24-109-19-11-90-36-48(84-87-90)6-14-115-39-51-64(98)67(101)61(71(104)121-51)80-45(3)93/h34-36,49-51,59-67,69-71,96-104H,4-33,37-42H2,1-3H3,(H,78,91)(H,79,92)(H,80,93)(H,81,94)/t49-,50-,51-,59-,60-,61-,62+,63+,64+,65-,66-,67-,69-,70-,71-/m1/s1. The summed E-state index contributed by atoms with van der Waals surface area (Å²) in [5, 5.41) is 128. The van der Waals surface area contributed by atoms with Gasteiger partial charge in [0, 0.05) is 65.0 Å². The zero-order chi connectivity index (χ0) is 88.4. The van der Waals surface area contributed by atoms with Gasteiger partial charge in [0.05, 0.1) is 228 Å². The van der Waals surface area contributed by atoms with Crippen molar-refractivity contribution >= 4 is 29.6 Å². The summed E-state index contributed by atoms with van der Waals surface area (Å²) in [5.74, 6) is -16.9. The van der Waals surface area contributed by atoms with Crippen LogP contribution in [0.5, 0.6) is 5.75 Å². The normalized spacial score (nSPS) is 23.1. The van der Waals surface area contributed by atoms with E-state index in [-0.39, 0.29) is 185 Å². The van der Waals surface area contributed by atoms with E-state index in [1.54, 1.807) is 32.6 Å². The zero-order valence-corrected chi connectivity index (χ0v) is 67.7. The maximum absolute atomic E-state index is 14.1. The minimum absolute atomic E-state index is 0.0201. The molecule has 3 aliphatic heterocycles. The zero-order valence-electron chi connectivity index (χ0n) is 67.7. The smallest absolute Gasteiger partial charge is 0.313 e. The molecule has 50 heteroatoms. The number of benzene rings is 1. The maximum Gasteiger partial charge on any atom is 0.313 e. The predicted molar refractivity (Wildman–Crippen MR) is 396 cm³/mol. The summed E-state index contributed by atoms with van der Waals surface area (Å²) >= 11 is 0. The quantitative estimate of drug-likeness (QED) is 0.00488. The fourth-order valence-electron chi connectivity index (χ4n) is 11.9. The van der Waals surface area contributed by atoms with E-state index in [0.717, 1.165) is 0 Å². The first kappa shape index (κ1) is 102. The first-order valence-corrected chi connectivity index (χ1v) is 39.3. The van der Waals surface area contributed by atoms with Crippen molar-refractivity contribution < 1.29 is 177 Å². The van der Waals surface area contributed by atoms with Crippen molar-refractivity contribution in [3.8, 4) is 5.75 Å². The summed E-state index contributed by atoms with van der Waals surface area (Å²) in [5.41, 5.74) is 0.379. The van der Waals surface area contributed by atoms with Crippen LogP contribution in [-0.4, -0.2) is 403 Å². The SMILES string of the molecule is CC(=O)N[C@@H]1[C@@H](O)[C@@H](O)[C@@H](COCCc2cn(CCOCCOCCOCC(COCCOCCOCCn3cc(CCOC[C@H]4O[C@@H](O)[C@H](NC(C)=O)[C@@H](O)[C@H]4O)nn3)(COCCOCCOCCn3cc(CCOC[C@H]4O[C@@H](O)[C@H](NC(C)=O)[C@@H](O)[C@H]4O)nn3)NC(=O)CCOCCOCCC(=O)Oc3c(F)c(F)c(F)c(F)c3F)nn2)O[C@H]1O. The summed E-state index contributed by atoms with van der Waals surface area (Å²) in [6.45, 7) is 5.18. The second-order valence-corrected chi connectivity index (χ2v) is 28.0. The number of aliphatic hydroxyl groups is 9. The second kappa shape index (κ2) is 55.2. The van der Waals surface area contributed by atoms with Crippen molar-refractivity contribution in [2.75, 3.05) is 185 Å². The Kier molecular flexibility index (Phi) is 46.0. The number of amides is 4. The van der Waals surface area contributed by atoms with E-state index in [2.05, 4.69) is 56.9 Å².